The van der Waals surface area contributed by atoms with Gasteiger partial charge in [-0.1, -0.05) is 23.7 Å². The van der Waals surface area contributed by atoms with Crippen molar-refractivity contribution in [1.29, 1.82) is 0 Å². The molecule has 0 aliphatic carbocycles. The van der Waals surface area contributed by atoms with Gasteiger partial charge >= 0.3 is 0 Å². The normalized spacial score (nSPS) is 10.5. The van der Waals surface area contributed by atoms with Gasteiger partial charge in [-0.2, -0.15) is 0 Å². The predicted molar refractivity (Wildman–Crippen MR) is 71.0 cm³/mol. The monoisotopic (exact) mass is 246 g/mol. The second kappa shape index (κ2) is 5.80. The molecule has 1 aromatic heterocycles. The molecule has 1 N–H and O–H groups in total. The lowest BCUT2D eigenvalue weighted by molar-refractivity contribution is 0.692. The molecule has 0 atom stereocenters. The van der Waals surface area contributed by atoms with E-state index in [0.29, 0.717) is 0 Å². The molecule has 3 heteroatoms. The number of rotatable bonds is 4. The molecule has 0 aliphatic rings. The quantitative estimate of drug-likeness (QED) is 0.895. The molecule has 2 rings (SSSR count). The molecular weight excluding hydrogens is 232 g/mol. The Morgan fingerprint density at radius 3 is 2.59 bits per heavy atom. The van der Waals surface area contributed by atoms with E-state index in [4.69, 9.17) is 11.6 Å². The van der Waals surface area contributed by atoms with Gasteiger partial charge in [-0.25, -0.2) is 0 Å². The van der Waals surface area contributed by atoms with Crippen LogP contribution in [0.25, 0.3) is 0 Å². The molecule has 1 aromatic carbocycles. The average Bonchev–Trinajstić information content (AvgIpc) is 2.33. The van der Waals surface area contributed by atoms with Crippen molar-refractivity contribution in [2.24, 2.45) is 0 Å². The number of aryl methyl sites for hydroxylation is 1. The zero-order valence-corrected chi connectivity index (χ0v) is 10.5. The maximum atomic E-state index is 6.16. The number of hydrogen-bond donors (Lipinski definition) is 1. The minimum Gasteiger partial charge on any atom is -0.309 e. The first-order valence-electron chi connectivity index (χ1n) is 5.60. The third-order valence-corrected chi connectivity index (χ3v) is 2.95. The van der Waals surface area contributed by atoms with Gasteiger partial charge in [0.2, 0.25) is 0 Å². The molecule has 0 radical (unpaired) electrons. The molecule has 1 heterocycles. The van der Waals surface area contributed by atoms with Gasteiger partial charge < -0.3 is 5.32 Å². The van der Waals surface area contributed by atoms with E-state index >= 15 is 0 Å². The molecule has 17 heavy (non-hydrogen) atoms. The summed E-state index contributed by atoms with van der Waals surface area (Å²) in [5.41, 5.74) is 3.54. The van der Waals surface area contributed by atoms with Gasteiger partial charge in [0.25, 0.3) is 0 Å². The van der Waals surface area contributed by atoms with Crippen LogP contribution in [0.3, 0.4) is 0 Å². The number of aromatic nitrogens is 1. The van der Waals surface area contributed by atoms with E-state index in [0.717, 1.165) is 23.7 Å². The summed E-state index contributed by atoms with van der Waals surface area (Å²) in [5, 5.41) is 4.19. The van der Waals surface area contributed by atoms with Gasteiger partial charge in [0, 0.05) is 30.5 Å². The minimum absolute atomic E-state index is 0.779. The van der Waals surface area contributed by atoms with Crippen molar-refractivity contribution >= 4 is 11.6 Å². The van der Waals surface area contributed by atoms with Crippen LogP contribution in [0.4, 0.5) is 0 Å². The maximum absolute atomic E-state index is 6.16. The summed E-state index contributed by atoms with van der Waals surface area (Å²) < 4.78 is 0. The number of benzene rings is 1. The van der Waals surface area contributed by atoms with Crippen molar-refractivity contribution in [2.75, 3.05) is 0 Å². The Labute approximate surface area is 107 Å². The van der Waals surface area contributed by atoms with E-state index in [1.165, 1.54) is 11.1 Å². The Hall–Kier alpha value is -1.38. The van der Waals surface area contributed by atoms with E-state index in [9.17, 15) is 0 Å². The smallest absolute Gasteiger partial charge is 0.0453 e. The summed E-state index contributed by atoms with van der Waals surface area (Å²) in [4.78, 5) is 3.99. The van der Waals surface area contributed by atoms with Gasteiger partial charge in [-0.15, -0.1) is 0 Å². The molecule has 2 aromatic rings. The van der Waals surface area contributed by atoms with Crippen LogP contribution in [-0.2, 0) is 13.1 Å². The molecule has 0 saturated heterocycles. The number of halogens is 1. The number of hydrogen-bond acceptors (Lipinski definition) is 2. The molecule has 0 spiro atoms. The fourth-order valence-electron chi connectivity index (χ4n) is 1.64. The summed E-state index contributed by atoms with van der Waals surface area (Å²) >= 11 is 6.16. The minimum atomic E-state index is 0.779. The van der Waals surface area contributed by atoms with Crippen LogP contribution < -0.4 is 5.32 Å². The third-order valence-electron chi connectivity index (χ3n) is 2.60. The summed E-state index contributed by atoms with van der Waals surface area (Å²) in [6, 6.07) is 10.1. The second-order valence-electron chi connectivity index (χ2n) is 4.05. The molecule has 88 valence electrons. The first kappa shape index (κ1) is 12.1. The van der Waals surface area contributed by atoms with Crippen molar-refractivity contribution in [1.82, 2.24) is 10.3 Å². The summed E-state index contributed by atoms with van der Waals surface area (Å²) in [7, 11) is 0. The van der Waals surface area contributed by atoms with Gasteiger partial charge in [0.15, 0.2) is 0 Å². The molecule has 0 saturated carbocycles. The van der Waals surface area contributed by atoms with E-state index in [1.807, 2.05) is 25.1 Å². The largest absolute Gasteiger partial charge is 0.309 e. The van der Waals surface area contributed by atoms with Gasteiger partial charge in [-0.3, -0.25) is 4.98 Å². The lowest BCUT2D eigenvalue weighted by Gasteiger charge is -2.07. The highest BCUT2D eigenvalue weighted by atomic mass is 35.5. The van der Waals surface area contributed by atoms with Crippen LogP contribution >= 0.6 is 11.6 Å². The Kier molecular flexibility index (Phi) is 4.13. The summed E-state index contributed by atoms with van der Waals surface area (Å²) in [5.74, 6) is 0. The number of pyridine rings is 1. The lowest BCUT2D eigenvalue weighted by Crippen LogP contribution is -2.12. The SMILES string of the molecule is Cc1ccc(CNCc2ccncc2)c(Cl)c1. The number of nitrogens with one attached hydrogen (secondary N) is 1. The maximum Gasteiger partial charge on any atom is 0.0453 e. The van der Waals surface area contributed by atoms with Gasteiger partial charge in [0.1, 0.15) is 0 Å². The van der Waals surface area contributed by atoms with E-state index in [2.05, 4.69) is 22.4 Å². The van der Waals surface area contributed by atoms with Crippen LogP contribution in [0, 0.1) is 6.92 Å². The second-order valence-corrected chi connectivity index (χ2v) is 4.46. The van der Waals surface area contributed by atoms with E-state index in [1.54, 1.807) is 12.4 Å². The standard InChI is InChI=1S/C14H15ClN2/c1-11-2-3-13(14(15)8-11)10-17-9-12-4-6-16-7-5-12/h2-8,17H,9-10H2,1H3. The zero-order valence-electron chi connectivity index (χ0n) is 9.78. The van der Waals surface area contributed by atoms with Crippen molar-refractivity contribution in [2.45, 2.75) is 20.0 Å². The molecule has 0 unspecified atom stereocenters. The fourth-order valence-corrected chi connectivity index (χ4v) is 1.94. The Balaban J connectivity index is 1.90. The Morgan fingerprint density at radius 1 is 1.12 bits per heavy atom. The Bertz CT molecular complexity index is 483. The topological polar surface area (TPSA) is 24.9 Å². The van der Waals surface area contributed by atoms with Crippen LogP contribution in [0.5, 0.6) is 0 Å². The van der Waals surface area contributed by atoms with Gasteiger partial charge in [-0.05, 0) is 41.8 Å². The zero-order chi connectivity index (χ0) is 12.1. The molecular formula is C14H15ClN2. The first-order valence-corrected chi connectivity index (χ1v) is 5.98. The molecule has 0 amide bonds. The van der Waals surface area contributed by atoms with Crippen LogP contribution in [0.1, 0.15) is 16.7 Å². The summed E-state index contributed by atoms with van der Waals surface area (Å²) in [6.45, 7) is 3.65. The van der Waals surface area contributed by atoms with Gasteiger partial charge in [0.05, 0.1) is 0 Å². The van der Waals surface area contributed by atoms with Crippen molar-refractivity contribution < 1.29 is 0 Å². The van der Waals surface area contributed by atoms with Crippen molar-refractivity contribution in [3.63, 3.8) is 0 Å². The molecule has 0 bridgehead atoms. The Morgan fingerprint density at radius 2 is 1.88 bits per heavy atom. The summed E-state index contributed by atoms with van der Waals surface area (Å²) in [6.07, 6.45) is 3.60. The van der Waals surface area contributed by atoms with Crippen molar-refractivity contribution in [3.8, 4) is 0 Å². The lowest BCUT2D eigenvalue weighted by atomic mass is 10.1. The van der Waals surface area contributed by atoms with Crippen LogP contribution in [0.2, 0.25) is 5.02 Å². The highest BCUT2D eigenvalue weighted by Gasteiger charge is 2.00. The highest BCUT2D eigenvalue weighted by molar-refractivity contribution is 6.31. The molecule has 2 nitrogen and oxygen atoms in total. The number of nitrogens with zero attached hydrogens (tertiary/aromatic N) is 1. The van der Waals surface area contributed by atoms with Crippen LogP contribution in [0.15, 0.2) is 42.7 Å². The first-order chi connectivity index (χ1) is 8.25. The third kappa shape index (κ3) is 3.55. The molecule has 0 aliphatic heterocycles. The molecule has 0 fully saturated rings. The van der Waals surface area contributed by atoms with Crippen LogP contribution in [-0.4, -0.2) is 4.98 Å². The van der Waals surface area contributed by atoms with Crippen molar-refractivity contribution in [3.05, 3.63) is 64.4 Å². The van der Waals surface area contributed by atoms with E-state index < -0.39 is 0 Å². The predicted octanol–water partition coefficient (Wildman–Crippen LogP) is 3.33. The fraction of sp³-hybridized carbons (Fsp3) is 0.214. The van der Waals surface area contributed by atoms with E-state index in [-0.39, 0.29) is 0 Å². The average molecular weight is 247 g/mol. The highest BCUT2D eigenvalue weighted by Crippen LogP contribution is 2.17.